The van der Waals surface area contributed by atoms with Crippen molar-refractivity contribution >= 4 is 37.3 Å². The number of carbonyl (C=O) groups is 1. The zero-order valence-corrected chi connectivity index (χ0v) is 19.1. The predicted octanol–water partition coefficient (Wildman–Crippen LogP) is 3.77. The maximum Gasteiger partial charge on any atom is 0.323 e. The Bertz CT molecular complexity index is 1310. The number of hydrogen-bond acceptors (Lipinski definition) is 5. The number of carbonyl (C=O) groups excluding carboxylic acids is 1. The monoisotopic (exact) mass is 473 g/mol. The number of nitrogens with one attached hydrogen (secondary N) is 3. The SMILES string of the molecule is CC(NS(=O)(=O)c1ccccc1S(C)(=O)=O)c1ccc(NC(=O)Nc2ccccc2)cc1. The normalized spacial score (nSPS) is 12.7. The lowest BCUT2D eigenvalue weighted by molar-refractivity contribution is 0.262. The fourth-order valence-corrected chi connectivity index (χ4v) is 5.87. The molecule has 10 heteroatoms. The summed E-state index contributed by atoms with van der Waals surface area (Å²) in [6, 6.07) is 20.0. The minimum absolute atomic E-state index is 0.260. The van der Waals surface area contributed by atoms with Crippen molar-refractivity contribution in [1.29, 1.82) is 0 Å². The van der Waals surface area contributed by atoms with Gasteiger partial charge < -0.3 is 10.6 Å². The Labute approximate surface area is 187 Å². The van der Waals surface area contributed by atoms with Gasteiger partial charge in [-0.15, -0.1) is 0 Å². The molecule has 3 rings (SSSR count). The molecule has 0 fully saturated rings. The summed E-state index contributed by atoms with van der Waals surface area (Å²) in [5.41, 5.74) is 1.82. The Kier molecular flexibility index (Phi) is 6.97. The second-order valence-corrected chi connectivity index (χ2v) is 10.8. The molecular weight excluding hydrogens is 450 g/mol. The number of urea groups is 1. The van der Waals surface area contributed by atoms with E-state index in [-0.39, 0.29) is 9.79 Å². The first-order valence-electron chi connectivity index (χ1n) is 9.61. The fraction of sp³-hybridized carbons (Fsp3) is 0.136. The first-order valence-corrected chi connectivity index (χ1v) is 13.0. The number of amides is 2. The third-order valence-corrected chi connectivity index (χ3v) is 7.45. The first kappa shape index (κ1) is 23.5. The average Bonchev–Trinajstić information content (AvgIpc) is 2.74. The van der Waals surface area contributed by atoms with Gasteiger partial charge in [0.25, 0.3) is 0 Å². The second-order valence-electron chi connectivity index (χ2n) is 7.13. The van der Waals surface area contributed by atoms with Crippen LogP contribution in [0.15, 0.2) is 88.7 Å². The molecule has 2 amide bonds. The largest absolute Gasteiger partial charge is 0.323 e. The summed E-state index contributed by atoms with van der Waals surface area (Å²) in [5.74, 6) is 0. The van der Waals surface area contributed by atoms with Crippen molar-refractivity contribution in [2.24, 2.45) is 0 Å². The van der Waals surface area contributed by atoms with E-state index in [1.54, 1.807) is 55.5 Å². The quantitative estimate of drug-likeness (QED) is 0.482. The number of benzene rings is 3. The van der Waals surface area contributed by atoms with E-state index in [4.69, 9.17) is 0 Å². The van der Waals surface area contributed by atoms with Gasteiger partial charge in [-0.3, -0.25) is 0 Å². The van der Waals surface area contributed by atoms with Crippen molar-refractivity contribution in [3.8, 4) is 0 Å². The van der Waals surface area contributed by atoms with Crippen LogP contribution in [0.1, 0.15) is 18.5 Å². The fourth-order valence-electron chi connectivity index (χ4n) is 3.01. The highest BCUT2D eigenvalue weighted by Gasteiger charge is 2.25. The number of rotatable bonds is 7. The van der Waals surface area contributed by atoms with Crippen LogP contribution in [-0.4, -0.2) is 29.1 Å². The second kappa shape index (κ2) is 9.51. The summed E-state index contributed by atoms with van der Waals surface area (Å²) >= 11 is 0. The molecule has 3 N–H and O–H groups in total. The van der Waals surface area contributed by atoms with Gasteiger partial charge in [-0.2, -0.15) is 0 Å². The van der Waals surface area contributed by atoms with Crippen LogP contribution < -0.4 is 15.4 Å². The highest BCUT2D eigenvalue weighted by atomic mass is 32.2. The number of sulfonamides is 1. The van der Waals surface area contributed by atoms with Gasteiger partial charge in [-0.05, 0) is 48.9 Å². The van der Waals surface area contributed by atoms with Gasteiger partial charge in [-0.25, -0.2) is 26.4 Å². The van der Waals surface area contributed by atoms with Crippen molar-refractivity contribution in [2.75, 3.05) is 16.9 Å². The number of sulfone groups is 1. The molecule has 1 atom stereocenters. The molecule has 8 nitrogen and oxygen atoms in total. The van der Waals surface area contributed by atoms with Gasteiger partial charge in [0, 0.05) is 23.7 Å². The van der Waals surface area contributed by atoms with E-state index in [1.165, 1.54) is 24.3 Å². The van der Waals surface area contributed by atoms with E-state index >= 15 is 0 Å². The van der Waals surface area contributed by atoms with Crippen LogP contribution in [0.2, 0.25) is 0 Å². The molecule has 3 aromatic rings. The Balaban J connectivity index is 1.70. The van der Waals surface area contributed by atoms with Crippen LogP contribution in [0.5, 0.6) is 0 Å². The van der Waals surface area contributed by atoms with Gasteiger partial charge in [0.2, 0.25) is 10.0 Å². The van der Waals surface area contributed by atoms with Crippen LogP contribution in [0.3, 0.4) is 0 Å². The molecule has 0 bridgehead atoms. The Morgan fingerprint density at radius 1 is 0.719 bits per heavy atom. The molecule has 0 spiro atoms. The summed E-state index contributed by atoms with van der Waals surface area (Å²) in [5, 5.41) is 5.40. The van der Waals surface area contributed by atoms with E-state index in [2.05, 4.69) is 15.4 Å². The number of hydrogen-bond donors (Lipinski definition) is 3. The summed E-state index contributed by atoms with van der Waals surface area (Å²) in [6.07, 6.45) is 0.963. The van der Waals surface area contributed by atoms with Gasteiger partial charge in [-0.1, -0.05) is 42.5 Å². The van der Waals surface area contributed by atoms with E-state index < -0.39 is 31.9 Å². The average molecular weight is 474 g/mol. The van der Waals surface area contributed by atoms with E-state index in [0.717, 1.165) is 6.26 Å². The molecule has 0 aromatic heterocycles. The lowest BCUT2D eigenvalue weighted by Gasteiger charge is -2.17. The Morgan fingerprint density at radius 3 is 1.78 bits per heavy atom. The molecule has 32 heavy (non-hydrogen) atoms. The summed E-state index contributed by atoms with van der Waals surface area (Å²) in [7, 11) is -7.82. The lowest BCUT2D eigenvalue weighted by Crippen LogP contribution is -2.28. The van der Waals surface area contributed by atoms with Crippen LogP contribution in [0, 0.1) is 0 Å². The van der Waals surface area contributed by atoms with E-state index in [9.17, 15) is 21.6 Å². The third-order valence-electron chi connectivity index (χ3n) is 4.57. The topological polar surface area (TPSA) is 121 Å². The zero-order valence-electron chi connectivity index (χ0n) is 17.4. The van der Waals surface area contributed by atoms with Crippen molar-refractivity contribution < 1.29 is 21.6 Å². The predicted molar refractivity (Wildman–Crippen MR) is 124 cm³/mol. The van der Waals surface area contributed by atoms with Crippen LogP contribution in [0.25, 0.3) is 0 Å². The highest BCUT2D eigenvalue weighted by molar-refractivity contribution is 7.93. The molecule has 0 aliphatic rings. The van der Waals surface area contributed by atoms with Crippen molar-refractivity contribution in [3.05, 3.63) is 84.4 Å². The van der Waals surface area contributed by atoms with E-state index in [0.29, 0.717) is 16.9 Å². The van der Waals surface area contributed by atoms with Crippen molar-refractivity contribution in [3.63, 3.8) is 0 Å². The van der Waals surface area contributed by atoms with Gasteiger partial charge in [0.05, 0.1) is 4.90 Å². The van der Waals surface area contributed by atoms with Crippen LogP contribution in [-0.2, 0) is 19.9 Å². The van der Waals surface area contributed by atoms with Gasteiger partial charge >= 0.3 is 6.03 Å². The molecular formula is C22H23N3O5S2. The molecule has 0 saturated heterocycles. The van der Waals surface area contributed by atoms with Gasteiger partial charge in [0.1, 0.15) is 4.90 Å². The highest BCUT2D eigenvalue weighted by Crippen LogP contribution is 2.24. The minimum Gasteiger partial charge on any atom is -0.308 e. The summed E-state index contributed by atoms with van der Waals surface area (Å²) in [4.78, 5) is 11.5. The lowest BCUT2D eigenvalue weighted by atomic mass is 10.1. The smallest absolute Gasteiger partial charge is 0.308 e. The maximum absolute atomic E-state index is 12.8. The maximum atomic E-state index is 12.8. The standard InChI is InChI=1S/C22H23N3O5S2/c1-16(25-32(29,30)21-11-7-6-10-20(21)31(2,27)28)17-12-14-19(15-13-17)24-22(26)23-18-8-4-3-5-9-18/h3-16,25H,1-2H3,(H2,23,24,26). The molecule has 0 aliphatic heterocycles. The third kappa shape index (κ3) is 5.94. The Hall–Kier alpha value is -3.21. The minimum atomic E-state index is -4.09. The van der Waals surface area contributed by atoms with E-state index in [1.807, 2.05) is 6.07 Å². The number of anilines is 2. The molecule has 168 valence electrons. The first-order chi connectivity index (χ1) is 15.1. The molecule has 0 radical (unpaired) electrons. The summed E-state index contributed by atoms with van der Waals surface area (Å²) < 4.78 is 52.1. The molecule has 0 heterocycles. The zero-order chi connectivity index (χ0) is 23.4. The molecule has 1 unspecified atom stereocenters. The Morgan fingerprint density at radius 2 is 1.22 bits per heavy atom. The summed E-state index contributed by atoms with van der Waals surface area (Å²) in [6.45, 7) is 1.64. The molecule has 3 aromatic carbocycles. The van der Waals surface area contributed by atoms with Crippen LogP contribution >= 0.6 is 0 Å². The van der Waals surface area contributed by atoms with Crippen molar-refractivity contribution in [1.82, 2.24) is 4.72 Å². The molecule has 0 aliphatic carbocycles. The van der Waals surface area contributed by atoms with Gasteiger partial charge in [0.15, 0.2) is 9.84 Å². The van der Waals surface area contributed by atoms with Crippen LogP contribution in [0.4, 0.5) is 16.2 Å². The number of para-hydroxylation sites is 1. The molecule has 0 saturated carbocycles. The van der Waals surface area contributed by atoms with Crippen molar-refractivity contribution in [2.45, 2.75) is 22.8 Å².